The summed E-state index contributed by atoms with van der Waals surface area (Å²) in [6.07, 6.45) is 3.61. The predicted octanol–water partition coefficient (Wildman–Crippen LogP) is 4.48. The number of carbonyl (C=O) groups excluding carboxylic acids is 1. The number of pyridine rings is 1. The lowest BCUT2D eigenvalue weighted by molar-refractivity contribution is 0.0980. The predicted molar refractivity (Wildman–Crippen MR) is 160 cm³/mol. The molecule has 1 unspecified atom stereocenters. The lowest BCUT2D eigenvalue weighted by Gasteiger charge is -2.20. The van der Waals surface area contributed by atoms with Gasteiger partial charge in [-0.05, 0) is 55.8 Å². The highest BCUT2D eigenvalue weighted by Crippen LogP contribution is 2.30. The molecule has 0 radical (unpaired) electrons. The number of aromatic nitrogens is 5. The average Bonchev–Trinajstić information content (AvgIpc) is 3.33. The van der Waals surface area contributed by atoms with Crippen LogP contribution in [0.3, 0.4) is 0 Å². The standard InChI is InChI=1S/C28H28ClN7O3S/c1-15-11-19(16(2)30-22-7-8-23(29)31-25(22)27(38)34-40-4)24-20(12-15)28(39)35(3)26(32-24)17-5-6-21-18(13-17)14-36(33-21)9-10-37/h5-8,11-14,16,30,37H,9-10H2,1-4H3,(H,34,38). The summed E-state index contributed by atoms with van der Waals surface area (Å²) in [6, 6.07) is 12.5. The Morgan fingerprint density at radius 1 is 1.18 bits per heavy atom. The number of carbonyl (C=O) groups is 1. The highest BCUT2D eigenvalue weighted by molar-refractivity contribution is 7.97. The Hall–Kier alpha value is -3.93. The maximum Gasteiger partial charge on any atom is 0.281 e. The van der Waals surface area contributed by atoms with Crippen LogP contribution in [0, 0.1) is 6.92 Å². The van der Waals surface area contributed by atoms with Crippen LogP contribution >= 0.6 is 23.5 Å². The quantitative estimate of drug-likeness (QED) is 0.182. The number of nitrogens with one attached hydrogen (secondary N) is 2. The van der Waals surface area contributed by atoms with Gasteiger partial charge in [0.1, 0.15) is 11.0 Å². The van der Waals surface area contributed by atoms with Crippen molar-refractivity contribution >= 4 is 56.9 Å². The van der Waals surface area contributed by atoms with E-state index in [9.17, 15) is 14.7 Å². The minimum Gasteiger partial charge on any atom is -0.394 e. The largest absolute Gasteiger partial charge is 0.394 e. The number of nitrogens with zero attached hydrogens (tertiary/aromatic N) is 5. The number of aryl methyl sites for hydroxylation is 1. The summed E-state index contributed by atoms with van der Waals surface area (Å²) in [5, 5.41) is 18.7. The van der Waals surface area contributed by atoms with Gasteiger partial charge in [-0.15, -0.1) is 0 Å². The highest BCUT2D eigenvalue weighted by atomic mass is 35.5. The van der Waals surface area contributed by atoms with Gasteiger partial charge in [-0.25, -0.2) is 9.97 Å². The smallest absolute Gasteiger partial charge is 0.281 e. The SMILES string of the molecule is CSNC(=O)c1nc(Cl)ccc1NC(C)c1cc(C)cc2c(=O)n(C)c(-c3ccc4nn(CCO)cc4c3)nc12. The van der Waals surface area contributed by atoms with Crippen molar-refractivity contribution in [2.75, 3.05) is 18.2 Å². The first-order chi connectivity index (χ1) is 19.2. The number of benzene rings is 2. The van der Waals surface area contributed by atoms with E-state index in [0.717, 1.165) is 27.6 Å². The molecule has 3 N–H and O–H groups in total. The van der Waals surface area contributed by atoms with Crippen LogP contribution in [0.15, 0.2) is 53.5 Å². The minimum atomic E-state index is -0.370. The van der Waals surface area contributed by atoms with E-state index in [1.54, 1.807) is 34.7 Å². The van der Waals surface area contributed by atoms with Gasteiger partial charge in [-0.2, -0.15) is 5.10 Å². The van der Waals surface area contributed by atoms with Gasteiger partial charge in [0, 0.05) is 36.0 Å². The van der Waals surface area contributed by atoms with Gasteiger partial charge in [0.15, 0.2) is 5.69 Å². The van der Waals surface area contributed by atoms with Crippen molar-refractivity contribution in [3.05, 3.63) is 81.0 Å². The lowest BCUT2D eigenvalue weighted by Crippen LogP contribution is -2.22. The third kappa shape index (κ3) is 5.27. The molecule has 5 rings (SSSR count). The zero-order valence-corrected chi connectivity index (χ0v) is 24.0. The number of aliphatic hydroxyl groups is 1. The van der Waals surface area contributed by atoms with Gasteiger partial charge in [0.25, 0.3) is 11.5 Å². The van der Waals surface area contributed by atoms with Crippen molar-refractivity contribution in [2.24, 2.45) is 7.05 Å². The molecule has 1 atom stereocenters. The zero-order valence-electron chi connectivity index (χ0n) is 22.4. The molecule has 12 heteroatoms. The van der Waals surface area contributed by atoms with E-state index in [-0.39, 0.29) is 35.0 Å². The first-order valence-corrected chi connectivity index (χ1v) is 14.2. The molecule has 0 fully saturated rings. The molecule has 0 saturated carbocycles. The van der Waals surface area contributed by atoms with Gasteiger partial charge in [-0.3, -0.25) is 23.6 Å². The Bertz CT molecular complexity index is 1820. The number of hydrogen-bond donors (Lipinski definition) is 3. The van der Waals surface area contributed by atoms with Gasteiger partial charge < -0.3 is 10.4 Å². The van der Waals surface area contributed by atoms with Crippen molar-refractivity contribution in [1.82, 2.24) is 29.0 Å². The Labute approximate surface area is 239 Å². The second-order valence-electron chi connectivity index (χ2n) is 9.47. The van der Waals surface area contributed by atoms with Gasteiger partial charge in [-0.1, -0.05) is 29.6 Å². The van der Waals surface area contributed by atoms with E-state index in [4.69, 9.17) is 16.6 Å². The molecule has 3 heterocycles. The van der Waals surface area contributed by atoms with Crippen LogP contribution in [-0.4, -0.2) is 48.2 Å². The fourth-order valence-electron chi connectivity index (χ4n) is 4.75. The molecule has 0 saturated heterocycles. The second-order valence-corrected chi connectivity index (χ2v) is 10.5. The Morgan fingerprint density at radius 2 is 1.98 bits per heavy atom. The second kappa shape index (κ2) is 11.3. The van der Waals surface area contributed by atoms with Crippen molar-refractivity contribution in [2.45, 2.75) is 26.4 Å². The maximum atomic E-state index is 13.6. The van der Waals surface area contributed by atoms with Crippen LogP contribution in [0.5, 0.6) is 0 Å². The number of rotatable bonds is 8. The molecule has 10 nitrogen and oxygen atoms in total. The molecule has 5 aromatic rings. The van der Waals surface area contributed by atoms with E-state index in [2.05, 4.69) is 20.1 Å². The number of hydrogen-bond acceptors (Lipinski definition) is 8. The summed E-state index contributed by atoms with van der Waals surface area (Å²) in [5.41, 5.74) is 4.35. The monoisotopic (exact) mass is 577 g/mol. The molecule has 0 aliphatic rings. The number of fused-ring (bicyclic) bond motifs is 2. The molecule has 3 aromatic heterocycles. The van der Waals surface area contributed by atoms with Crippen molar-refractivity contribution < 1.29 is 9.90 Å². The number of amides is 1. The van der Waals surface area contributed by atoms with Crippen molar-refractivity contribution in [1.29, 1.82) is 0 Å². The summed E-state index contributed by atoms with van der Waals surface area (Å²) in [7, 11) is 1.71. The maximum absolute atomic E-state index is 13.6. The third-order valence-corrected chi connectivity index (χ3v) is 7.20. The Balaban J connectivity index is 1.62. The molecule has 0 bridgehead atoms. The van der Waals surface area contributed by atoms with E-state index >= 15 is 0 Å². The third-order valence-electron chi connectivity index (χ3n) is 6.60. The molecule has 40 heavy (non-hydrogen) atoms. The summed E-state index contributed by atoms with van der Waals surface area (Å²) < 4.78 is 5.93. The fourth-order valence-corrected chi connectivity index (χ4v) is 5.18. The summed E-state index contributed by atoms with van der Waals surface area (Å²) in [6.45, 7) is 4.27. The topological polar surface area (TPSA) is 127 Å². The molecular formula is C28H28ClN7O3S. The first kappa shape index (κ1) is 27.6. The normalized spacial score (nSPS) is 12.2. The molecule has 1 amide bonds. The van der Waals surface area contributed by atoms with E-state index in [1.807, 2.05) is 50.4 Å². The molecule has 2 aromatic carbocycles. The van der Waals surface area contributed by atoms with Gasteiger partial charge >= 0.3 is 0 Å². The van der Waals surface area contributed by atoms with Gasteiger partial charge in [0.05, 0.1) is 41.3 Å². The summed E-state index contributed by atoms with van der Waals surface area (Å²) in [5.74, 6) is 0.144. The highest BCUT2D eigenvalue weighted by Gasteiger charge is 2.20. The van der Waals surface area contributed by atoms with E-state index in [0.29, 0.717) is 29.0 Å². The van der Waals surface area contributed by atoms with Crippen LogP contribution < -0.4 is 15.6 Å². The Kier molecular flexibility index (Phi) is 7.79. The van der Waals surface area contributed by atoms with Crippen LogP contribution in [0.25, 0.3) is 33.2 Å². The number of anilines is 1. The molecule has 0 spiro atoms. The van der Waals surface area contributed by atoms with E-state index in [1.165, 1.54) is 11.9 Å². The van der Waals surface area contributed by atoms with Gasteiger partial charge in [0.2, 0.25) is 0 Å². The number of halogens is 1. The van der Waals surface area contributed by atoms with E-state index < -0.39 is 0 Å². The zero-order chi connectivity index (χ0) is 28.6. The summed E-state index contributed by atoms with van der Waals surface area (Å²) >= 11 is 7.26. The minimum absolute atomic E-state index is 0.00813. The number of aliphatic hydroxyl groups excluding tert-OH is 1. The molecule has 206 valence electrons. The van der Waals surface area contributed by atoms with Crippen LogP contribution in [0.2, 0.25) is 5.15 Å². The average molecular weight is 578 g/mol. The molecule has 0 aliphatic carbocycles. The van der Waals surface area contributed by atoms with Crippen LogP contribution in [0.1, 0.15) is 34.6 Å². The Morgan fingerprint density at radius 3 is 2.73 bits per heavy atom. The molecular weight excluding hydrogens is 550 g/mol. The van der Waals surface area contributed by atoms with Crippen molar-refractivity contribution in [3.63, 3.8) is 0 Å². The lowest BCUT2D eigenvalue weighted by atomic mass is 10.0. The van der Waals surface area contributed by atoms with Crippen LogP contribution in [0.4, 0.5) is 5.69 Å². The molecule has 0 aliphatic heterocycles. The first-order valence-electron chi connectivity index (χ1n) is 12.6. The van der Waals surface area contributed by atoms with Crippen molar-refractivity contribution in [3.8, 4) is 11.4 Å². The van der Waals surface area contributed by atoms with Crippen LogP contribution in [-0.2, 0) is 13.6 Å². The fraction of sp³-hybridized carbons (Fsp3) is 0.250. The summed E-state index contributed by atoms with van der Waals surface area (Å²) in [4.78, 5) is 35.5.